The zero-order chi connectivity index (χ0) is 14.2. The average molecular weight is 258 g/mol. The Morgan fingerprint density at radius 3 is 2.22 bits per heavy atom. The second-order valence-electron chi connectivity index (χ2n) is 6.98. The van der Waals surface area contributed by atoms with Crippen molar-refractivity contribution in [2.45, 2.75) is 59.4 Å². The van der Waals surface area contributed by atoms with Crippen LogP contribution in [0.2, 0.25) is 0 Å². The van der Waals surface area contributed by atoms with E-state index < -0.39 is 0 Å². The molecule has 0 spiro atoms. The quantitative estimate of drug-likeness (QED) is 0.667. The van der Waals surface area contributed by atoms with E-state index in [-0.39, 0.29) is 12.1 Å². The Morgan fingerprint density at radius 2 is 1.78 bits per heavy atom. The van der Waals surface area contributed by atoms with Gasteiger partial charge in [0.15, 0.2) is 0 Å². The molecule has 0 saturated carbocycles. The normalized spacial score (nSPS) is 16.0. The van der Waals surface area contributed by atoms with Crippen LogP contribution in [0.25, 0.3) is 0 Å². The molecule has 0 saturated heterocycles. The molecule has 3 nitrogen and oxygen atoms in total. The van der Waals surface area contributed by atoms with E-state index in [9.17, 15) is 0 Å². The molecule has 0 aromatic carbocycles. The van der Waals surface area contributed by atoms with E-state index in [0.717, 1.165) is 26.1 Å². The predicted molar refractivity (Wildman–Crippen MR) is 80.0 cm³/mol. The molecule has 0 rings (SSSR count). The summed E-state index contributed by atoms with van der Waals surface area (Å²) >= 11 is 0. The van der Waals surface area contributed by atoms with Crippen molar-refractivity contribution in [2.75, 3.05) is 33.3 Å². The van der Waals surface area contributed by atoms with Crippen molar-refractivity contribution in [3.8, 4) is 0 Å². The lowest BCUT2D eigenvalue weighted by molar-refractivity contribution is 0.152. The zero-order valence-electron chi connectivity index (χ0n) is 13.3. The van der Waals surface area contributed by atoms with Gasteiger partial charge in [0.25, 0.3) is 0 Å². The van der Waals surface area contributed by atoms with Crippen LogP contribution in [0.15, 0.2) is 0 Å². The van der Waals surface area contributed by atoms with Crippen LogP contribution >= 0.6 is 0 Å². The van der Waals surface area contributed by atoms with Crippen molar-refractivity contribution >= 4 is 0 Å². The molecule has 0 aromatic rings. The zero-order valence-corrected chi connectivity index (χ0v) is 13.3. The molecular weight excluding hydrogens is 224 g/mol. The summed E-state index contributed by atoms with van der Waals surface area (Å²) in [5, 5.41) is 12.5. The fraction of sp³-hybridized carbons (Fsp3) is 1.00. The van der Waals surface area contributed by atoms with Crippen LogP contribution in [-0.2, 0) is 0 Å². The largest absolute Gasteiger partial charge is 0.396 e. The highest BCUT2D eigenvalue weighted by molar-refractivity contribution is 4.83. The lowest BCUT2D eigenvalue weighted by Gasteiger charge is -2.36. The average Bonchev–Trinajstić information content (AvgIpc) is 2.23. The molecule has 0 bridgehead atoms. The molecule has 0 heterocycles. The first-order valence-corrected chi connectivity index (χ1v) is 7.27. The van der Waals surface area contributed by atoms with Gasteiger partial charge in [-0.3, -0.25) is 0 Å². The first-order valence-electron chi connectivity index (χ1n) is 7.27. The fourth-order valence-corrected chi connectivity index (χ4v) is 2.38. The monoisotopic (exact) mass is 258 g/mol. The SMILES string of the molecule is CCCC(C)(CNC(C)(C)C)CN(C)CCCO. The van der Waals surface area contributed by atoms with Crippen molar-refractivity contribution < 1.29 is 5.11 Å². The molecular formula is C15H34N2O. The molecule has 0 aliphatic rings. The first kappa shape index (κ1) is 17.9. The van der Waals surface area contributed by atoms with Gasteiger partial charge in [-0.2, -0.15) is 0 Å². The minimum atomic E-state index is 0.179. The van der Waals surface area contributed by atoms with Gasteiger partial charge < -0.3 is 15.3 Å². The summed E-state index contributed by atoms with van der Waals surface area (Å²) in [6, 6.07) is 0. The molecule has 0 fully saturated rings. The molecule has 0 aromatic heterocycles. The molecule has 0 amide bonds. The molecule has 2 N–H and O–H groups in total. The molecule has 110 valence electrons. The number of hydrogen-bond acceptors (Lipinski definition) is 3. The maximum Gasteiger partial charge on any atom is 0.0443 e. The Kier molecular flexibility index (Phi) is 8.08. The molecule has 1 unspecified atom stereocenters. The Morgan fingerprint density at radius 1 is 1.17 bits per heavy atom. The van der Waals surface area contributed by atoms with Crippen molar-refractivity contribution in [3.63, 3.8) is 0 Å². The highest BCUT2D eigenvalue weighted by Crippen LogP contribution is 2.24. The van der Waals surface area contributed by atoms with Gasteiger partial charge in [0.05, 0.1) is 0 Å². The van der Waals surface area contributed by atoms with Gasteiger partial charge in [-0.15, -0.1) is 0 Å². The van der Waals surface area contributed by atoms with Crippen LogP contribution in [-0.4, -0.2) is 48.8 Å². The number of nitrogens with zero attached hydrogens (tertiary/aromatic N) is 1. The smallest absolute Gasteiger partial charge is 0.0443 e. The van der Waals surface area contributed by atoms with Gasteiger partial charge in [0.1, 0.15) is 0 Å². The summed E-state index contributed by atoms with van der Waals surface area (Å²) in [6.07, 6.45) is 3.32. The van der Waals surface area contributed by atoms with Gasteiger partial charge in [-0.05, 0) is 46.1 Å². The summed E-state index contributed by atoms with van der Waals surface area (Å²) in [7, 11) is 2.15. The van der Waals surface area contributed by atoms with Gasteiger partial charge in [-0.1, -0.05) is 20.3 Å². The molecule has 1 atom stereocenters. The summed E-state index contributed by atoms with van der Waals surface area (Å²) in [6.45, 7) is 14.7. The number of nitrogens with one attached hydrogen (secondary N) is 1. The van der Waals surface area contributed by atoms with Gasteiger partial charge in [0, 0.05) is 31.8 Å². The second-order valence-corrected chi connectivity index (χ2v) is 6.98. The summed E-state index contributed by atoms with van der Waals surface area (Å²) in [5.41, 5.74) is 0.491. The van der Waals surface area contributed by atoms with Gasteiger partial charge in [-0.25, -0.2) is 0 Å². The third-order valence-electron chi connectivity index (χ3n) is 3.25. The lowest BCUT2D eigenvalue weighted by atomic mass is 9.84. The highest BCUT2D eigenvalue weighted by Gasteiger charge is 2.26. The van der Waals surface area contributed by atoms with Gasteiger partial charge in [0.2, 0.25) is 0 Å². The lowest BCUT2D eigenvalue weighted by Crippen LogP contribution is -2.47. The topological polar surface area (TPSA) is 35.5 Å². The predicted octanol–water partition coefficient (Wildman–Crippen LogP) is 2.50. The van der Waals surface area contributed by atoms with E-state index in [1.807, 2.05) is 0 Å². The number of hydrogen-bond donors (Lipinski definition) is 2. The number of aliphatic hydroxyl groups is 1. The van der Waals surface area contributed by atoms with Gasteiger partial charge >= 0.3 is 0 Å². The van der Waals surface area contributed by atoms with E-state index >= 15 is 0 Å². The van der Waals surface area contributed by atoms with Crippen LogP contribution in [0, 0.1) is 5.41 Å². The first-order chi connectivity index (χ1) is 8.22. The third-order valence-corrected chi connectivity index (χ3v) is 3.25. The van der Waals surface area contributed by atoms with Crippen LogP contribution in [0.5, 0.6) is 0 Å². The fourth-order valence-electron chi connectivity index (χ4n) is 2.38. The molecule has 0 radical (unpaired) electrons. The third kappa shape index (κ3) is 8.90. The maximum atomic E-state index is 8.89. The maximum absolute atomic E-state index is 8.89. The summed E-state index contributed by atoms with van der Waals surface area (Å²) in [5.74, 6) is 0. The van der Waals surface area contributed by atoms with Crippen molar-refractivity contribution in [1.82, 2.24) is 10.2 Å². The van der Waals surface area contributed by atoms with E-state index in [0.29, 0.717) is 5.41 Å². The molecule has 0 aliphatic heterocycles. The number of rotatable bonds is 9. The number of aliphatic hydroxyl groups excluding tert-OH is 1. The molecule has 0 aliphatic carbocycles. The minimum absolute atomic E-state index is 0.179. The van der Waals surface area contributed by atoms with Crippen LogP contribution in [0.1, 0.15) is 53.9 Å². The Balaban J connectivity index is 4.32. The van der Waals surface area contributed by atoms with E-state index in [1.165, 1.54) is 12.8 Å². The van der Waals surface area contributed by atoms with Crippen molar-refractivity contribution in [3.05, 3.63) is 0 Å². The molecule has 18 heavy (non-hydrogen) atoms. The standard InChI is InChI=1S/C15H34N2O/c1-7-9-15(5,12-16-14(2,3)4)13-17(6)10-8-11-18/h16,18H,7-13H2,1-6H3. The van der Waals surface area contributed by atoms with E-state index in [4.69, 9.17) is 5.11 Å². The van der Waals surface area contributed by atoms with Crippen LogP contribution < -0.4 is 5.32 Å². The Hall–Kier alpha value is -0.120. The second kappa shape index (κ2) is 8.13. The highest BCUT2D eigenvalue weighted by atomic mass is 16.3. The van der Waals surface area contributed by atoms with E-state index in [1.54, 1.807) is 0 Å². The van der Waals surface area contributed by atoms with Crippen molar-refractivity contribution in [2.24, 2.45) is 5.41 Å². The van der Waals surface area contributed by atoms with E-state index in [2.05, 4.69) is 51.9 Å². The van der Waals surface area contributed by atoms with Crippen molar-refractivity contribution in [1.29, 1.82) is 0 Å². The minimum Gasteiger partial charge on any atom is -0.396 e. The molecule has 3 heteroatoms. The van der Waals surface area contributed by atoms with Crippen LogP contribution in [0.3, 0.4) is 0 Å². The summed E-state index contributed by atoms with van der Waals surface area (Å²) < 4.78 is 0. The summed E-state index contributed by atoms with van der Waals surface area (Å²) in [4.78, 5) is 2.34. The van der Waals surface area contributed by atoms with Crippen LogP contribution in [0.4, 0.5) is 0 Å². The Labute approximate surface area is 114 Å². The Bertz CT molecular complexity index is 213.